The standard InChI is InChI=1S/C26H25N2S2.C13H24O2.Ir/c1-14-10-15(2)12-18(11-14)22-24-20(16(3)27-28-22)21-19-9-7-8-17(13-26(4,5)6)23(19)29-25(21)30-24;1-5-10(6-2)12(14)9-13(15)11(7-3)8-4;/h7-11H,13H2,1-6H3;9-11,14H,5-8H2,1-4H3;/q-1;;/b;12-9-;. The first-order valence-electron chi connectivity index (χ1n) is 16.4. The van der Waals surface area contributed by atoms with Gasteiger partial charge in [-0.25, -0.2) is 0 Å². The van der Waals surface area contributed by atoms with E-state index in [0.29, 0.717) is 0 Å². The van der Waals surface area contributed by atoms with Gasteiger partial charge in [0.1, 0.15) is 0 Å². The van der Waals surface area contributed by atoms with Gasteiger partial charge in [-0.15, -0.1) is 57.6 Å². The first-order valence-corrected chi connectivity index (χ1v) is 18.0. The van der Waals surface area contributed by atoms with E-state index in [-0.39, 0.29) is 48.9 Å². The second-order valence-corrected chi connectivity index (χ2v) is 15.8. The molecular formula is C39H49IrN2O2S2-. The minimum atomic E-state index is 0. The Morgan fingerprint density at radius 2 is 1.54 bits per heavy atom. The van der Waals surface area contributed by atoms with Gasteiger partial charge in [-0.3, -0.25) is 4.79 Å². The maximum absolute atomic E-state index is 11.7. The molecule has 2 aromatic carbocycles. The summed E-state index contributed by atoms with van der Waals surface area (Å²) < 4.78 is 4.02. The van der Waals surface area contributed by atoms with E-state index in [0.717, 1.165) is 54.6 Å². The third-order valence-corrected chi connectivity index (χ3v) is 11.1. The molecule has 1 N–H and O–H groups in total. The van der Waals surface area contributed by atoms with Crippen LogP contribution >= 0.6 is 22.7 Å². The first kappa shape index (κ1) is 38.0. The fourth-order valence-electron chi connectivity index (χ4n) is 6.14. The second-order valence-electron chi connectivity index (χ2n) is 13.5. The largest absolute Gasteiger partial charge is 0.512 e. The van der Waals surface area contributed by atoms with Gasteiger partial charge in [-0.2, -0.15) is 10.2 Å². The normalized spacial score (nSPS) is 12.2. The summed E-state index contributed by atoms with van der Waals surface area (Å²) in [5.74, 6) is 0.547. The molecule has 0 amide bonds. The van der Waals surface area contributed by atoms with Crippen LogP contribution in [0.15, 0.2) is 42.2 Å². The molecule has 5 rings (SSSR count). The molecule has 0 aliphatic rings. The molecule has 249 valence electrons. The summed E-state index contributed by atoms with van der Waals surface area (Å²) >= 11 is 3.78. The predicted molar refractivity (Wildman–Crippen MR) is 196 cm³/mol. The van der Waals surface area contributed by atoms with Crippen molar-refractivity contribution in [2.24, 2.45) is 17.3 Å². The van der Waals surface area contributed by atoms with E-state index in [2.05, 4.69) is 88.1 Å². The maximum atomic E-state index is 11.7. The van der Waals surface area contributed by atoms with Gasteiger partial charge in [0, 0.05) is 69.3 Å². The SMILES string of the molecule is CCC(CC)C(=O)/C=C(\O)C(CC)CC.Cc1[c-]c(-c2nnc(C)c3c2sc2sc4c(CC(C)(C)C)cccc4c23)cc(C)c1.[Ir]. The van der Waals surface area contributed by atoms with Gasteiger partial charge in [-0.1, -0.05) is 80.5 Å². The Hall–Kier alpha value is -2.44. The number of hydrogen-bond acceptors (Lipinski definition) is 6. The average molecular weight is 834 g/mol. The van der Waals surface area contributed by atoms with Gasteiger partial charge in [0.15, 0.2) is 5.78 Å². The zero-order valence-corrected chi connectivity index (χ0v) is 33.1. The zero-order chi connectivity index (χ0) is 33.1. The molecule has 3 aromatic heterocycles. The Morgan fingerprint density at radius 3 is 2.13 bits per heavy atom. The molecule has 1 radical (unpaired) electrons. The molecule has 5 aromatic rings. The van der Waals surface area contributed by atoms with Crippen LogP contribution in [0, 0.1) is 44.1 Å². The smallest absolute Gasteiger partial charge is 0.162 e. The molecule has 0 spiro atoms. The van der Waals surface area contributed by atoms with Gasteiger partial charge in [0.2, 0.25) is 0 Å². The summed E-state index contributed by atoms with van der Waals surface area (Å²) in [6, 6.07) is 14.6. The Morgan fingerprint density at radius 1 is 0.913 bits per heavy atom. The molecule has 0 aliphatic heterocycles. The minimum Gasteiger partial charge on any atom is -0.512 e. The van der Waals surface area contributed by atoms with Gasteiger partial charge in [0.25, 0.3) is 0 Å². The molecule has 0 fully saturated rings. The van der Waals surface area contributed by atoms with E-state index < -0.39 is 0 Å². The van der Waals surface area contributed by atoms with Crippen molar-refractivity contribution >= 4 is 58.0 Å². The molecule has 0 atom stereocenters. The molecule has 0 unspecified atom stereocenters. The van der Waals surface area contributed by atoms with E-state index in [4.69, 9.17) is 0 Å². The van der Waals surface area contributed by atoms with E-state index in [1.807, 2.05) is 50.4 Å². The van der Waals surface area contributed by atoms with Crippen molar-refractivity contribution in [1.29, 1.82) is 0 Å². The number of ketones is 1. The summed E-state index contributed by atoms with van der Waals surface area (Å²) in [4.78, 5) is 11.7. The number of aliphatic hydroxyl groups is 1. The number of fused-ring (bicyclic) bond motifs is 5. The van der Waals surface area contributed by atoms with E-state index in [1.54, 1.807) is 0 Å². The third kappa shape index (κ3) is 8.52. The van der Waals surface area contributed by atoms with Crippen molar-refractivity contribution in [3.05, 3.63) is 70.6 Å². The van der Waals surface area contributed by atoms with Crippen molar-refractivity contribution in [3.63, 3.8) is 0 Å². The molecule has 0 saturated heterocycles. The molecular weight excluding hydrogens is 785 g/mol. The van der Waals surface area contributed by atoms with E-state index in [9.17, 15) is 9.90 Å². The number of aryl methyl sites for hydroxylation is 3. The summed E-state index contributed by atoms with van der Waals surface area (Å²) in [6.45, 7) is 21.3. The topological polar surface area (TPSA) is 63.1 Å². The second kappa shape index (κ2) is 16.1. The van der Waals surface area contributed by atoms with E-state index >= 15 is 0 Å². The molecule has 3 heterocycles. The van der Waals surface area contributed by atoms with Gasteiger partial charge >= 0.3 is 0 Å². The number of carbonyl (C=O) groups is 1. The van der Waals surface area contributed by atoms with Crippen LogP contribution in [0.1, 0.15) is 96.5 Å². The summed E-state index contributed by atoms with van der Waals surface area (Å²) in [6.07, 6.45) is 5.99. The number of hydrogen-bond donors (Lipinski definition) is 1. The van der Waals surface area contributed by atoms with Crippen LogP contribution in [0.5, 0.6) is 0 Å². The Bertz CT molecular complexity index is 1820. The minimum absolute atomic E-state index is 0. The molecule has 0 saturated carbocycles. The number of allylic oxidation sites excluding steroid dienone is 2. The summed E-state index contributed by atoms with van der Waals surface area (Å²) in [5, 5.41) is 22.9. The number of carbonyl (C=O) groups excluding carboxylic acids is 1. The Kier molecular flexibility index (Phi) is 13.3. The van der Waals surface area contributed by atoms with Crippen molar-refractivity contribution in [2.45, 2.75) is 101 Å². The first-order chi connectivity index (χ1) is 21.3. The predicted octanol–water partition coefficient (Wildman–Crippen LogP) is 11.9. The Balaban J connectivity index is 0.000000309. The summed E-state index contributed by atoms with van der Waals surface area (Å²) in [5.41, 5.74) is 7.07. The number of aliphatic hydroxyl groups excluding tert-OH is 1. The van der Waals surface area contributed by atoms with Crippen LogP contribution in [0.25, 0.3) is 40.8 Å². The fourth-order valence-corrected chi connectivity index (χ4v) is 8.96. The number of thiophene rings is 2. The number of nitrogens with zero attached hydrogens (tertiary/aromatic N) is 2. The van der Waals surface area contributed by atoms with Gasteiger partial charge in [0.05, 0.1) is 15.5 Å². The van der Waals surface area contributed by atoms with Crippen molar-refractivity contribution in [3.8, 4) is 11.3 Å². The maximum Gasteiger partial charge on any atom is 0.162 e. The van der Waals surface area contributed by atoms with Crippen LogP contribution in [-0.4, -0.2) is 21.1 Å². The van der Waals surface area contributed by atoms with E-state index in [1.165, 1.54) is 46.8 Å². The van der Waals surface area contributed by atoms with Crippen LogP contribution in [0.4, 0.5) is 0 Å². The third-order valence-electron chi connectivity index (χ3n) is 8.52. The summed E-state index contributed by atoms with van der Waals surface area (Å²) in [7, 11) is 0. The van der Waals surface area contributed by atoms with Gasteiger partial charge < -0.3 is 5.11 Å². The number of aromatic nitrogens is 2. The molecule has 0 aliphatic carbocycles. The van der Waals surface area contributed by atoms with Crippen LogP contribution in [0.2, 0.25) is 0 Å². The molecule has 46 heavy (non-hydrogen) atoms. The molecule has 7 heteroatoms. The fraction of sp³-hybridized carbons (Fsp3) is 0.462. The number of benzene rings is 2. The molecule has 4 nitrogen and oxygen atoms in total. The average Bonchev–Trinajstić information content (AvgIpc) is 3.51. The Labute approximate surface area is 297 Å². The quantitative estimate of drug-likeness (QED) is 0.0913. The van der Waals surface area contributed by atoms with Crippen molar-refractivity contribution in [1.82, 2.24) is 10.2 Å². The zero-order valence-electron chi connectivity index (χ0n) is 29.1. The molecule has 0 bridgehead atoms. The van der Waals surface area contributed by atoms with Crippen LogP contribution in [0.3, 0.4) is 0 Å². The van der Waals surface area contributed by atoms with Crippen LogP contribution in [-0.2, 0) is 31.3 Å². The van der Waals surface area contributed by atoms with Gasteiger partial charge in [-0.05, 0) is 50.0 Å². The van der Waals surface area contributed by atoms with Crippen LogP contribution < -0.4 is 0 Å². The van der Waals surface area contributed by atoms with Crippen molar-refractivity contribution in [2.75, 3.05) is 0 Å². The number of rotatable bonds is 9. The van der Waals surface area contributed by atoms with Crippen molar-refractivity contribution < 1.29 is 30.0 Å². The monoisotopic (exact) mass is 834 g/mol.